The first-order valence-corrected chi connectivity index (χ1v) is 7.92. The lowest BCUT2D eigenvalue weighted by molar-refractivity contribution is 0.0985. The van der Waals surface area contributed by atoms with E-state index in [4.69, 9.17) is 11.6 Å². The predicted molar refractivity (Wildman–Crippen MR) is 85.5 cm³/mol. The predicted octanol–water partition coefficient (Wildman–Crippen LogP) is 3.79. The highest BCUT2D eigenvalue weighted by atomic mass is 35.5. The van der Waals surface area contributed by atoms with Crippen LogP contribution in [-0.4, -0.2) is 22.4 Å². The lowest BCUT2D eigenvalue weighted by Gasteiger charge is -2.16. The summed E-state index contributed by atoms with van der Waals surface area (Å²) in [5.41, 5.74) is 4.44. The van der Waals surface area contributed by atoms with Crippen LogP contribution in [0.1, 0.15) is 21.7 Å². The Balaban J connectivity index is 1.74. The number of carbonyl (C=O) groups excluding carboxylic acids is 1. The zero-order valence-electron chi connectivity index (χ0n) is 11.3. The number of H-pyrrole nitrogens is 1. The van der Waals surface area contributed by atoms with E-state index < -0.39 is 0 Å². The van der Waals surface area contributed by atoms with Crippen LogP contribution in [0.25, 0.3) is 10.2 Å². The molecule has 0 aromatic carbocycles. The molecule has 21 heavy (non-hydrogen) atoms. The first-order valence-electron chi connectivity index (χ1n) is 6.66. The van der Waals surface area contributed by atoms with Crippen molar-refractivity contribution in [1.82, 2.24) is 9.97 Å². The Morgan fingerprint density at radius 3 is 3.14 bits per heavy atom. The highest BCUT2D eigenvalue weighted by Crippen LogP contribution is 2.33. The Kier molecular flexibility index (Phi) is 2.80. The molecule has 1 amide bonds. The van der Waals surface area contributed by atoms with Crippen LogP contribution in [0, 0.1) is 6.92 Å². The molecule has 4 rings (SSSR count). The number of fused-ring (bicyclic) bond motifs is 2. The van der Waals surface area contributed by atoms with Gasteiger partial charge in [0.05, 0.1) is 20.9 Å². The van der Waals surface area contributed by atoms with Crippen LogP contribution >= 0.6 is 22.9 Å². The summed E-state index contributed by atoms with van der Waals surface area (Å²) in [6, 6.07) is 3.85. The third-order valence-electron chi connectivity index (χ3n) is 3.78. The number of aromatic nitrogens is 2. The van der Waals surface area contributed by atoms with Crippen LogP contribution in [0.2, 0.25) is 5.02 Å². The fraction of sp³-hybridized carbons (Fsp3) is 0.200. The summed E-state index contributed by atoms with van der Waals surface area (Å²) in [5, 5.41) is 2.54. The van der Waals surface area contributed by atoms with Crippen molar-refractivity contribution in [3.8, 4) is 0 Å². The minimum atomic E-state index is -0.0150. The van der Waals surface area contributed by atoms with Crippen molar-refractivity contribution >= 4 is 44.7 Å². The first kappa shape index (κ1) is 12.9. The van der Waals surface area contributed by atoms with E-state index in [1.807, 2.05) is 35.5 Å². The van der Waals surface area contributed by atoms with Crippen molar-refractivity contribution in [1.29, 1.82) is 0 Å². The molecule has 0 bridgehead atoms. The van der Waals surface area contributed by atoms with Gasteiger partial charge in [0.2, 0.25) is 0 Å². The molecule has 0 atom stereocenters. The van der Waals surface area contributed by atoms with Crippen molar-refractivity contribution in [3.05, 3.63) is 45.7 Å². The van der Waals surface area contributed by atoms with E-state index in [2.05, 4.69) is 9.97 Å². The van der Waals surface area contributed by atoms with E-state index in [-0.39, 0.29) is 5.91 Å². The van der Waals surface area contributed by atoms with Crippen LogP contribution in [0.3, 0.4) is 0 Å². The number of hydrogen-bond donors (Lipinski definition) is 1. The molecule has 0 radical (unpaired) electrons. The van der Waals surface area contributed by atoms with Gasteiger partial charge in [0, 0.05) is 23.8 Å². The second kappa shape index (κ2) is 4.58. The summed E-state index contributed by atoms with van der Waals surface area (Å²) in [5.74, 6) is -0.0150. The van der Waals surface area contributed by atoms with E-state index in [1.165, 1.54) is 11.3 Å². The van der Waals surface area contributed by atoms with Crippen molar-refractivity contribution in [3.63, 3.8) is 0 Å². The van der Waals surface area contributed by atoms with Gasteiger partial charge in [0.15, 0.2) is 0 Å². The molecule has 1 N–H and O–H groups in total. The van der Waals surface area contributed by atoms with Gasteiger partial charge in [-0.3, -0.25) is 9.78 Å². The fourth-order valence-corrected chi connectivity index (χ4v) is 3.87. The molecule has 0 unspecified atom stereocenters. The summed E-state index contributed by atoms with van der Waals surface area (Å²) in [4.78, 5) is 22.0. The van der Waals surface area contributed by atoms with E-state index in [9.17, 15) is 4.79 Å². The van der Waals surface area contributed by atoms with Gasteiger partial charge in [-0.05, 0) is 31.0 Å². The molecule has 4 nitrogen and oxygen atoms in total. The average molecular weight is 318 g/mol. The molecule has 0 spiro atoms. The quantitative estimate of drug-likeness (QED) is 0.742. The smallest absolute Gasteiger partial charge is 0.274 e. The third-order valence-corrected chi connectivity index (χ3v) is 5.14. The second-order valence-electron chi connectivity index (χ2n) is 5.17. The Bertz CT molecular complexity index is 867. The molecule has 3 aromatic rings. The van der Waals surface area contributed by atoms with Crippen molar-refractivity contribution in [2.24, 2.45) is 0 Å². The molecule has 3 aromatic heterocycles. The summed E-state index contributed by atoms with van der Waals surface area (Å²) < 4.78 is 1.01. The Morgan fingerprint density at radius 2 is 2.33 bits per heavy atom. The number of anilines is 1. The molecule has 106 valence electrons. The highest BCUT2D eigenvalue weighted by Gasteiger charge is 2.27. The fourth-order valence-electron chi connectivity index (χ4n) is 2.72. The van der Waals surface area contributed by atoms with Gasteiger partial charge in [-0.15, -0.1) is 11.3 Å². The molecular weight excluding hydrogens is 306 g/mol. The number of pyridine rings is 1. The van der Waals surface area contributed by atoms with Gasteiger partial charge in [-0.25, -0.2) is 0 Å². The minimum absolute atomic E-state index is 0.0150. The van der Waals surface area contributed by atoms with Gasteiger partial charge in [-0.1, -0.05) is 11.6 Å². The van der Waals surface area contributed by atoms with Gasteiger partial charge in [0.1, 0.15) is 5.69 Å². The molecule has 0 saturated heterocycles. The number of carbonyl (C=O) groups is 1. The van der Waals surface area contributed by atoms with Gasteiger partial charge >= 0.3 is 0 Å². The van der Waals surface area contributed by atoms with Crippen LogP contribution < -0.4 is 4.90 Å². The van der Waals surface area contributed by atoms with E-state index in [0.29, 0.717) is 17.3 Å². The van der Waals surface area contributed by atoms with E-state index in [1.54, 1.807) is 0 Å². The highest BCUT2D eigenvalue weighted by molar-refractivity contribution is 7.17. The number of rotatable bonds is 1. The summed E-state index contributed by atoms with van der Waals surface area (Å²) in [7, 11) is 0. The largest absolute Gasteiger partial charge is 0.349 e. The minimum Gasteiger partial charge on any atom is -0.349 e. The maximum absolute atomic E-state index is 12.7. The van der Waals surface area contributed by atoms with Gasteiger partial charge in [-0.2, -0.15) is 0 Å². The maximum Gasteiger partial charge on any atom is 0.274 e. The monoisotopic (exact) mass is 317 g/mol. The number of amides is 1. The number of thiophene rings is 1. The van der Waals surface area contributed by atoms with Crippen LogP contribution in [0.5, 0.6) is 0 Å². The van der Waals surface area contributed by atoms with Gasteiger partial charge in [0.25, 0.3) is 5.91 Å². The lowest BCUT2D eigenvalue weighted by atomic mass is 10.2. The van der Waals surface area contributed by atoms with Crippen LogP contribution in [0.4, 0.5) is 5.69 Å². The zero-order valence-corrected chi connectivity index (χ0v) is 12.9. The normalized spacial score (nSPS) is 13.9. The number of aryl methyl sites for hydroxylation is 1. The number of nitrogens with zero attached hydrogens (tertiary/aromatic N) is 2. The Morgan fingerprint density at radius 1 is 1.48 bits per heavy atom. The molecule has 0 saturated carbocycles. The molecular formula is C15H12ClN3OS. The zero-order chi connectivity index (χ0) is 14.6. The summed E-state index contributed by atoms with van der Waals surface area (Å²) in [6.45, 7) is 2.63. The summed E-state index contributed by atoms with van der Waals surface area (Å²) in [6.07, 6.45) is 2.71. The van der Waals surface area contributed by atoms with Crippen LogP contribution in [-0.2, 0) is 6.42 Å². The van der Waals surface area contributed by atoms with Crippen molar-refractivity contribution in [2.75, 3.05) is 11.4 Å². The van der Waals surface area contributed by atoms with Crippen LogP contribution in [0.15, 0.2) is 23.7 Å². The number of halogens is 1. The van der Waals surface area contributed by atoms with E-state index in [0.717, 1.165) is 33.6 Å². The third kappa shape index (κ3) is 1.96. The average Bonchev–Trinajstić information content (AvgIpc) is 3.14. The number of aromatic amines is 1. The molecule has 0 fully saturated rings. The number of hydrogen-bond acceptors (Lipinski definition) is 3. The molecule has 4 heterocycles. The maximum atomic E-state index is 12.7. The molecule has 0 aliphatic carbocycles. The molecule has 6 heteroatoms. The van der Waals surface area contributed by atoms with Gasteiger partial charge < -0.3 is 9.88 Å². The summed E-state index contributed by atoms with van der Waals surface area (Å²) >= 11 is 7.64. The van der Waals surface area contributed by atoms with Crippen molar-refractivity contribution < 1.29 is 4.79 Å². The first-order chi connectivity index (χ1) is 10.1. The van der Waals surface area contributed by atoms with Crippen molar-refractivity contribution in [2.45, 2.75) is 13.3 Å². The molecule has 1 aliphatic heterocycles. The topological polar surface area (TPSA) is 49.0 Å². The lowest BCUT2D eigenvalue weighted by Crippen LogP contribution is -2.29. The SMILES string of the molecule is Cc1cc2c(cn1)CCN2C(=O)c1cc2scc(Cl)c2[nH]1. The second-order valence-corrected chi connectivity index (χ2v) is 6.49. The Hall–Kier alpha value is -1.85. The standard InChI is InChI=1S/C15H12ClN3OS/c1-8-4-12-9(6-17-8)2-3-19(12)15(20)11-5-13-14(18-11)10(16)7-21-13/h4-7,18H,2-3H2,1H3. The molecule has 1 aliphatic rings. The van der Waals surface area contributed by atoms with E-state index >= 15 is 0 Å². The Labute approximate surface area is 130 Å². The number of nitrogens with one attached hydrogen (secondary N) is 1.